The van der Waals surface area contributed by atoms with Gasteiger partial charge >= 0.3 is 5.97 Å². The third-order valence-corrected chi connectivity index (χ3v) is 3.90. The fourth-order valence-corrected chi connectivity index (χ4v) is 2.92. The van der Waals surface area contributed by atoms with E-state index in [0.717, 1.165) is 31.4 Å². The minimum Gasteiger partial charge on any atom is -0.481 e. The van der Waals surface area contributed by atoms with Gasteiger partial charge in [-0.15, -0.1) is 0 Å². The van der Waals surface area contributed by atoms with E-state index in [4.69, 9.17) is 5.11 Å². The number of carbonyl (C=O) groups excluding carboxylic acids is 1. The number of aromatic nitrogens is 1. The summed E-state index contributed by atoms with van der Waals surface area (Å²) in [7, 11) is 0. The summed E-state index contributed by atoms with van der Waals surface area (Å²) in [6, 6.07) is 3.54. The number of hydrogen-bond acceptors (Lipinski definition) is 3. The second-order valence-electron chi connectivity index (χ2n) is 5.60. The molecule has 1 fully saturated rings. The van der Waals surface area contributed by atoms with Crippen molar-refractivity contribution in [2.45, 2.75) is 51.5 Å². The SMILES string of the molecule is Cc1ccc(C(=O)NC2(CC(=O)O)CCCC2)c(C)n1. The molecular formula is C15H20N2O3. The van der Waals surface area contributed by atoms with Gasteiger partial charge in [0.15, 0.2) is 0 Å². The molecule has 2 rings (SSSR count). The zero-order chi connectivity index (χ0) is 14.8. The van der Waals surface area contributed by atoms with E-state index in [1.807, 2.05) is 6.92 Å². The first-order chi connectivity index (χ1) is 9.42. The molecule has 0 aliphatic heterocycles. The van der Waals surface area contributed by atoms with E-state index < -0.39 is 11.5 Å². The molecule has 1 aromatic rings. The third kappa shape index (κ3) is 3.15. The number of nitrogens with one attached hydrogen (secondary N) is 1. The van der Waals surface area contributed by atoms with Gasteiger partial charge in [-0.25, -0.2) is 0 Å². The van der Waals surface area contributed by atoms with Crippen molar-refractivity contribution in [1.29, 1.82) is 0 Å². The molecule has 5 heteroatoms. The van der Waals surface area contributed by atoms with Gasteiger partial charge in [0.25, 0.3) is 5.91 Å². The highest BCUT2D eigenvalue weighted by Crippen LogP contribution is 2.33. The van der Waals surface area contributed by atoms with E-state index >= 15 is 0 Å². The van der Waals surface area contributed by atoms with Crippen molar-refractivity contribution in [3.63, 3.8) is 0 Å². The summed E-state index contributed by atoms with van der Waals surface area (Å²) in [6.45, 7) is 3.66. The Kier molecular flexibility index (Phi) is 4.06. The van der Waals surface area contributed by atoms with Gasteiger partial charge in [-0.2, -0.15) is 0 Å². The van der Waals surface area contributed by atoms with Gasteiger partial charge in [0.2, 0.25) is 0 Å². The van der Waals surface area contributed by atoms with Crippen LogP contribution in [0.5, 0.6) is 0 Å². The fourth-order valence-electron chi connectivity index (χ4n) is 2.92. The molecule has 0 bridgehead atoms. The highest BCUT2D eigenvalue weighted by Gasteiger charge is 2.37. The average Bonchev–Trinajstić information content (AvgIpc) is 2.75. The van der Waals surface area contributed by atoms with Crippen molar-refractivity contribution < 1.29 is 14.7 Å². The Morgan fingerprint density at radius 1 is 1.30 bits per heavy atom. The van der Waals surface area contributed by atoms with Crippen molar-refractivity contribution in [2.24, 2.45) is 0 Å². The molecule has 5 nitrogen and oxygen atoms in total. The van der Waals surface area contributed by atoms with Gasteiger partial charge in [-0.05, 0) is 38.8 Å². The number of carboxylic acid groups (broad SMARTS) is 1. The summed E-state index contributed by atoms with van der Waals surface area (Å²) in [4.78, 5) is 27.7. The Labute approximate surface area is 118 Å². The highest BCUT2D eigenvalue weighted by molar-refractivity contribution is 5.96. The lowest BCUT2D eigenvalue weighted by Crippen LogP contribution is -2.48. The van der Waals surface area contributed by atoms with Crippen LogP contribution >= 0.6 is 0 Å². The van der Waals surface area contributed by atoms with Gasteiger partial charge in [-0.3, -0.25) is 14.6 Å². The maximum atomic E-state index is 12.4. The van der Waals surface area contributed by atoms with Crippen LogP contribution in [0.25, 0.3) is 0 Å². The molecule has 1 saturated carbocycles. The Morgan fingerprint density at radius 2 is 1.95 bits per heavy atom. The molecule has 0 spiro atoms. The largest absolute Gasteiger partial charge is 0.481 e. The maximum absolute atomic E-state index is 12.4. The highest BCUT2D eigenvalue weighted by atomic mass is 16.4. The minimum absolute atomic E-state index is 0.0168. The van der Waals surface area contributed by atoms with Crippen LogP contribution in [0.2, 0.25) is 0 Å². The van der Waals surface area contributed by atoms with Crippen molar-refractivity contribution >= 4 is 11.9 Å². The Balaban J connectivity index is 2.18. The lowest BCUT2D eigenvalue weighted by atomic mass is 9.92. The average molecular weight is 276 g/mol. The quantitative estimate of drug-likeness (QED) is 0.883. The van der Waals surface area contributed by atoms with Gasteiger partial charge in [0.1, 0.15) is 0 Å². The summed E-state index contributed by atoms with van der Waals surface area (Å²) >= 11 is 0. The maximum Gasteiger partial charge on any atom is 0.305 e. The summed E-state index contributed by atoms with van der Waals surface area (Å²) in [6.07, 6.45) is 3.35. The van der Waals surface area contributed by atoms with E-state index in [1.165, 1.54) is 0 Å². The molecule has 0 atom stereocenters. The van der Waals surface area contributed by atoms with Crippen LogP contribution in [0.3, 0.4) is 0 Å². The normalized spacial score (nSPS) is 16.9. The number of amides is 1. The molecule has 108 valence electrons. The molecule has 20 heavy (non-hydrogen) atoms. The number of aryl methyl sites for hydroxylation is 2. The van der Waals surface area contributed by atoms with Crippen LogP contribution in [0.4, 0.5) is 0 Å². The molecule has 0 radical (unpaired) electrons. The summed E-state index contributed by atoms with van der Waals surface area (Å²) in [5, 5.41) is 12.0. The summed E-state index contributed by atoms with van der Waals surface area (Å²) in [5.41, 5.74) is 1.46. The zero-order valence-electron chi connectivity index (χ0n) is 11.9. The predicted molar refractivity (Wildman–Crippen MR) is 74.6 cm³/mol. The van der Waals surface area contributed by atoms with Crippen molar-refractivity contribution in [1.82, 2.24) is 10.3 Å². The van der Waals surface area contributed by atoms with Crippen LogP contribution in [-0.4, -0.2) is 27.5 Å². The lowest BCUT2D eigenvalue weighted by Gasteiger charge is -2.29. The molecular weight excluding hydrogens is 256 g/mol. The Morgan fingerprint density at radius 3 is 2.50 bits per heavy atom. The van der Waals surface area contributed by atoms with Crippen molar-refractivity contribution in [2.75, 3.05) is 0 Å². The van der Waals surface area contributed by atoms with Crippen molar-refractivity contribution in [3.05, 3.63) is 29.1 Å². The number of nitrogens with zero attached hydrogens (tertiary/aromatic N) is 1. The molecule has 0 saturated heterocycles. The first kappa shape index (κ1) is 14.5. The molecule has 1 aromatic heterocycles. The smallest absolute Gasteiger partial charge is 0.305 e. The van der Waals surface area contributed by atoms with E-state index in [9.17, 15) is 9.59 Å². The second-order valence-corrected chi connectivity index (χ2v) is 5.60. The first-order valence-electron chi connectivity index (χ1n) is 6.90. The van der Waals surface area contributed by atoms with Gasteiger partial charge in [-0.1, -0.05) is 12.8 Å². The Hall–Kier alpha value is -1.91. The minimum atomic E-state index is -0.869. The number of carboxylic acids is 1. The molecule has 1 heterocycles. The van der Waals surface area contributed by atoms with Crippen LogP contribution < -0.4 is 5.32 Å². The topological polar surface area (TPSA) is 79.3 Å². The summed E-state index contributed by atoms with van der Waals surface area (Å²) < 4.78 is 0. The number of aliphatic carboxylic acids is 1. The van der Waals surface area contributed by atoms with Crippen LogP contribution in [0, 0.1) is 13.8 Å². The van der Waals surface area contributed by atoms with E-state index in [0.29, 0.717) is 11.3 Å². The van der Waals surface area contributed by atoms with Gasteiger partial charge < -0.3 is 10.4 Å². The molecule has 2 N–H and O–H groups in total. The second kappa shape index (κ2) is 5.61. The van der Waals surface area contributed by atoms with Crippen LogP contribution in [0.15, 0.2) is 12.1 Å². The lowest BCUT2D eigenvalue weighted by molar-refractivity contribution is -0.138. The number of hydrogen-bond donors (Lipinski definition) is 2. The molecule has 1 aliphatic carbocycles. The number of rotatable bonds is 4. The van der Waals surface area contributed by atoms with Gasteiger partial charge in [0.05, 0.1) is 23.2 Å². The van der Waals surface area contributed by atoms with E-state index in [-0.39, 0.29) is 12.3 Å². The molecule has 1 amide bonds. The van der Waals surface area contributed by atoms with Gasteiger partial charge in [0, 0.05) is 5.69 Å². The van der Waals surface area contributed by atoms with E-state index in [2.05, 4.69) is 10.3 Å². The molecule has 0 unspecified atom stereocenters. The summed E-state index contributed by atoms with van der Waals surface area (Å²) in [5.74, 6) is -1.09. The van der Waals surface area contributed by atoms with Crippen molar-refractivity contribution in [3.8, 4) is 0 Å². The zero-order valence-corrected chi connectivity index (χ0v) is 11.9. The number of carbonyl (C=O) groups is 2. The van der Waals surface area contributed by atoms with E-state index in [1.54, 1.807) is 19.1 Å². The first-order valence-corrected chi connectivity index (χ1v) is 6.90. The fraction of sp³-hybridized carbons (Fsp3) is 0.533. The monoisotopic (exact) mass is 276 g/mol. The van der Waals surface area contributed by atoms with Crippen LogP contribution in [-0.2, 0) is 4.79 Å². The number of pyridine rings is 1. The third-order valence-electron chi connectivity index (χ3n) is 3.90. The molecule has 1 aliphatic rings. The standard InChI is InChI=1S/C15H20N2O3/c1-10-5-6-12(11(2)16-10)14(20)17-15(9-13(18)19)7-3-4-8-15/h5-6H,3-4,7-9H2,1-2H3,(H,17,20)(H,18,19). The predicted octanol–water partition coefficient (Wildman–Crippen LogP) is 2.22. The Bertz CT molecular complexity index is 534. The van der Waals surface area contributed by atoms with Crippen LogP contribution in [0.1, 0.15) is 53.8 Å². The molecule has 0 aromatic carbocycles.